The summed E-state index contributed by atoms with van der Waals surface area (Å²) < 4.78 is 26.9. The summed E-state index contributed by atoms with van der Waals surface area (Å²) in [5.74, 6) is -0.0503. The van der Waals surface area contributed by atoms with Crippen molar-refractivity contribution in [1.82, 2.24) is 9.80 Å². The average Bonchev–Trinajstić information content (AvgIpc) is 2.92. The number of benzene rings is 2. The number of anilines is 1. The van der Waals surface area contributed by atoms with Crippen LogP contribution in [0.1, 0.15) is 16.8 Å². The van der Waals surface area contributed by atoms with Crippen molar-refractivity contribution in [3.05, 3.63) is 60.2 Å². The lowest BCUT2D eigenvalue weighted by molar-refractivity contribution is 0.0762. The Morgan fingerprint density at radius 1 is 0.926 bits per heavy atom. The maximum Gasteiger partial charge on any atom is 0.264 e. The molecule has 0 bridgehead atoms. The van der Waals surface area contributed by atoms with Crippen LogP contribution in [0, 0.1) is 0 Å². The van der Waals surface area contributed by atoms with Gasteiger partial charge in [-0.05, 0) is 56.4 Å². The van der Waals surface area contributed by atoms with Crippen LogP contribution in [0.2, 0.25) is 0 Å². The molecule has 0 N–H and O–H groups in total. The molecular weight excluding hydrogens is 362 g/mol. The molecule has 1 aliphatic heterocycles. The molecule has 0 aromatic heterocycles. The Balaban J connectivity index is 1.77. The van der Waals surface area contributed by atoms with Gasteiger partial charge >= 0.3 is 0 Å². The van der Waals surface area contributed by atoms with Crippen molar-refractivity contribution in [2.24, 2.45) is 0 Å². The van der Waals surface area contributed by atoms with Crippen molar-refractivity contribution in [3.63, 3.8) is 0 Å². The summed E-state index contributed by atoms with van der Waals surface area (Å²) in [6, 6.07) is 15.1. The highest BCUT2D eigenvalue weighted by Gasteiger charge is 2.23. The van der Waals surface area contributed by atoms with Gasteiger partial charge in [-0.3, -0.25) is 9.10 Å². The van der Waals surface area contributed by atoms with Crippen LogP contribution >= 0.6 is 0 Å². The Morgan fingerprint density at radius 3 is 2.26 bits per heavy atom. The number of amides is 1. The number of para-hydroxylation sites is 1. The van der Waals surface area contributed by atoms with E-state index in [4.69, 9.17) is 0 Å². The maximum absolute atomic E-state index is 12.8. The Morgan fingerprint density at radius 2 is 1.59 bits per heavy atom. The van der Waals surface area contributed by atoms with Gasteiger partial charge in [0.25, 0.3) is 15.9 Å². The van der Waals surface area contributed by atoms with Crippen LogP contribution in [0.3, 0.4) is 0 Å². The first-order valence-electron chi connectivity index (χ1n) is 9.01. The third-order valence-electron chi connectivity index (χ3n) is 4.89. The van der Waals surface area contributed by atoms with Gasteiger partial charge in [0.2, 0.25) is 0 Å². The molecule has 0 atom stereocenters. The molecular formula is C20H25N3O3S. The van der Waals surface area contributed by atoms with Gasteiger partial charge in [0.1, 0.15) is 0 Å². The molecule has 0 spiro atoms. The predicted octanol–water partition coefficient (Wildman–Crippen LogP) is 2.29. The van der Waals surface area contributed by atoms with Gasteiger partial charge in [-0.2, -0.15) is 0 Å². The summed E-state index contributed by atoms with van der Waals surface area (Å²) in [6.45, 7) is 3.24. The SMILES string of the molecule is CN1CCCN(C(=O)c2ccc(S(=O)(=O)N(C)c3ccccc3)cc2)CC1. The zero-order valence-electron chi connectivity index (χ0n) is 15.7. The summed E-state index contributed by atoms with van der Waals surface area (Å²) in [5.41, 5.74) is 1.10. The number of sulfonamides is 1. The summed E-state index contributed by atoms with van der Waals surface area (Å²) in [4.78, 5) is 16.9. The lowest BCUT2D eigenvalue weighted by Crippen LogP contribution is -2.34. The summed E-state index contributed by atoms with van der Waals surface area (Å²) in [7, 11) is -0.0930. The predicted molar refractivity (Wildman–Crippen MR) is 106 cm³/mol. The fourth-order valence-electron chi connectivity index (χ4n) is 3.14. The molecule has 6 nitrogen and oxygen atoms in total. The van der Waals surface area contributed by atoms with Crippen LogP contribution in [-0.2, 0) is 10.0 Å². The Hall–Kier alpha value is -2.38. The second kappa shape index (κ2) is 8.10. The van der Waals surface area contributed by atoms with E-state index in [0.717, 1.165) is 26.1 Å². The smallest absolute Gasteiger partial charge is 0.264 e. The molecule has 0 radical (unpaired) electrons. The highest BCUT2D eigenvalue weighted by molar-refractivity contribution is 7.92. The quantitative estimate of drug-likeness (QED) is 0.808. The Kier molecular flexibility index (Phi) is 5.82. The molecule has 0 unspecified atom stereocenters. The zero-order valence-corrected chi connectivity index (χ0v) is 16.5. The van der Waals surface area contributed by atoms with Gasteiger partial charge in [-0.15, -0.1) is 0 Å². The van der Waals surface area contributed by atoms with Gasteiger partial charge in [0, 0.05) is 32.2 Å². The largest absolute Gasteiger partial charge is 0.337 e. The first kappa shape index (κ1) is 19.4. The molecule has 27 heavy (non-hydrogen) atoms. The van der Waals surface area contributed by atoms with E-state index in [2.05, 4.69) is 11.9 Å². The lowest BCUT2D eigenvalue weighted by Gasteiger charge is -2.21. The monoisotopic (exact) mass is 387 g/mol. The minimum absolute atomic E-state index is 0.0503. The molecule has 1 saturated heterocycles. The standard InChI is InChI=1S/C20H25N3O3S/c1-21-13-6-14-23(16-15-21)20(24)17-9-11-19(12-10-17)27(25,26)22(2)18-7-4-3-5-8-18/h3-5,7-12H,6,13-16H2,1-2H3. The molecule has 0 aliphatic carbocycles. The first-order valence-corrected chi connectivity index (χ1v) is 10.5. The third kappa shape index (κ3) is 4.31. The van der Waals surface area contributed by atoms with Crippen molar-refractivity contribution in [1.29, 1.82) is 0 Å². The van der Waals surface area contributed by atoms with Crippen molar-refractivity contribution in [2.75, 3.05) is 44.6 Å². The topological polar surface area (TPSA) is 60.9 Å². The number of carbonyl (C=O) groups is 1. The Labute approximate surface area is 161 Å². The molecule has 2 aromatic carbocycles. The molecule has 1 aliphatic rings. The zero-order chi connectivity index (χ0) is 19.4. The first-order chi connectivity index (χ1) is 12.9. The molecule has 144 valence electrons. The van der Waals surface area contributed by atoms with Crippen LogP contribution in [0.15, 0.2) is 59.5 Å². The van der Waals surface area contributed by atoms with Crippen molar-refractivity contribution >= 4 is 21.6 Å². The van der Waals surface area contributed by atoms with E-state index in [1.54, 1.807) is 36.4 Å². The minimum Gasteiger partial charge on any atom is -0.337 e. The molecule has 1 amide bonds. The second-order valence-electron chi connectivity index (χ2n) is 6.78. The van der Waals surface area contributed by atoms with Crippen molar-refractivity contribution < 1.29 is 13.2 Å². The number of rotatable bonds is 4. The number of carbonyl (C=O) groups excluding carboxylic acids is 1. The molecule has 7 heteroatoms. The highest BCUT2D eigenvalue weighted by atomic mass is 32.2. The van der Waals surface area contributed by atoms with E-state index >= 15 is 0 Å². The van der Waals surface area contributed by atoms with E-state index in [1.807, 2.05) is 11.0 Å². The fraction of sp³-hybridized carbons (Fsp3) is 0.350. The molecule has 1 heterocycles. The summed E-state index contributed by atoms with van der Waals surface area (Å²) >= 11 is 0. The number of nitrogens with zero attached hydrogens (tertiary/aromatic N) is 3. The van der Waals surface area contributed by atoms with Gasteiger partial charge in [0.05, 0.1) is 10.6 Å². The van der Waals surface area contributed by atoms with Gasteiger partial charge in [-0.1, -0.05) is 18.2 Å². The van der Waals surface area contributed by atoms with Gasteiger partial charge < -0.3 is 9.80 Å². The van der Waals surface area contributed by atoms with E-state index < -0.39 is 10.0 Å². The second-order valence-corrected chi connectivity index (χ2v) is 8.75. The average molecular weight is 388 g/mol. The normalized spacial score (nSPS) is 16.0. The number of hydrogen-bond acceptors (Lipinski definition) is 4. The van der Waals surface area contributed by atoms with Crippen molar-refractivity contribution in [2.45, 2.75) is 11.3 Å². The summed E-state index contributed by atoms with van der Waals surface area (Å²) in [5, 5.41) is 0. The van der Waals surface area contributed by atoms with Crippen LogP contribution in [0.25, 0.3) is 0 Å². The summed E-state index contributed by atoms with van der Waals surface area (Å²) in [6.07, 6.45) is 0.941. The Bertz CT molecular complexity index is 882. The van der Waals surface area contributed by atoms with Crippen LogP contribution in [-0.4, -0.2) is 64.4 Å². The van der Waals surface area contributed by atoms with Crippen LogP contribution in [0.5, 0.6) is 0 Å². The highest BCUT2D eigenvalue weighted by Crippen LogP contribution is 2.22. The lowest BCUT2D eigenvalue weighted by atomic mass is 10.2. The van der Waals surface area contributed by atoms with Crippen LogP contribution in [0.4, 0.5) is 5.69 Å². The molecule has 2 aromatic rings. The van der Waals surface area contributed by atoms with E-state index in [1.165, 1.54) is 23.5 Å². The van der Waals surface area contributed by atoms with E-state index in [-0.39, 0.29) is 10.8 Å². The minimum atomic E-state index is -3.67. The van der Waals surface area contributed by atoms with Gasteiger partial charge in [0.15, 0.2) is 0 Å². The van der Waals surface area contributed by atoms with E-state index in [9.17, 15) is 13.2 Å². The number of hydrogen-bond donors (Lipinski definition) is 0. The van der Waals surface area contributed by atoms with Crippen LogP contribution < -0.4 is 4.31 Å². The van der Waals surface area contributed by atoms with Crippen molar-refractivity contribution in [3.8, 4) is 0 Å². The number of likely N-dealkylation sites (N-methyl/N-ethyl adjacent to an activating group) is 1. The fourth-order valence-corrected chi connectivity index (χ4v) is 4.33. The molecule has 0 saturated carbocycles. The third-order valence-corrected chi connectivity index (χ3v) is 6.69. The molecule has 1 fully saturated rings. The van der Waals surface area contributed by atoms with E-state index in [0.29, 0.717) is 17.8 Å². The van der Waals surface area contributed by atoms with Gasteiger partial charge in [-0.25, -0.2) is 8.42 Å². The molecule has 3 rings (SSSR count). The maximum atomic E-state index is 12.8.